The summed E-state index contributed by atoms with van der Waals surface area (Å²) < 4.78 is 6.85. The van der Waals surface area contributed by atoms with E-state index in [2.05, 4.69) is 21.4 Å². The third kappa shape index (κ3) is 1.89. The molecular weight excluding hydrogens is 206 g/mol. The van der Waals surface area contributed by atoms with E-state index in [1.54, 1.807) is 6.20 Å². The Hall–Kier alpha value is -1.52. The Labute approximate surface area is 95.0 Å². The van der Waals surface area contributed by atoms with Crippen molar-refractivity contribution in [2.24, 2.45) is 5.92 Å². The highest BCUT2D eigenvalue weighted by atomic mass is 16.5. The van der Waals surface area contributed by atoms with E-state index in [0.29, 0.717) is 6.54 Å². The second-order valence-electron chi connectivity index (χ2n) is 3.97. The zero-order valence-electron chi connectivity index (χ0n) is 9.72. The van der Waals surface area contributed by atoms with Gasteiger partial charge in [-0.15, -0.1) is 0 Å². The molecule has 0 aliphatic carbocycles. The number of hydrogen-bond donors (Lipinski definition) is 0. The summed E-state index contributed by atoms with van der Waals surface area (Å²) in [5, 5.41) is 0. The predicted octanol–water partition coefficient (Wildman–Crippen LogP) is 0.902. The number of aromatic nitrogens is 2. The summed E-state index contributed by atoms with van der Waals surface area (Å²) in [6.07, 6.45) is 4.61. The molecule has 2 rings (SSSR count). The van der Waals surface area contributed by atoms with E-state index in [1.165, 1.54) is 7.11 Å². The van der Waals surface area contributed by atoms with Crippen molar-refractivity contribution in [3.63, 3.8) is 0 Å². The third-order valence-electron chi connectivity index (χ3n) is 3.04. The molecule has 1 unspecified atom stereocenters. The zero-order chi connectivity index (χ0) is 11.5. The Morgan fingerprint density at radius 1 is 1.69 bits per heavy atom. The molecule has 88 valence electrons. The van der Waals surface area contributed by atoms with Gasteiger partial charge in [-0.2, -0.15) is 0 Å². The maximum atomic E-state index is 11.4. The lowest BCUT2D eigenvalue weighted by molar-refractivity contribution is -0.144. The Morgan fingerprint density at radius 2 is 2.50 bits per heavy atom. The molecule has 1 atom stereocenters. The fourth-order valence-electron chi connectivity index (χ4n) is 2.13. The summed E-state index contributed by atoms with van der Waals surface area (Å²) in [5.41, 5.74) is 0. The maximum absolute atomic E-state index is 11.4. The number of anilines is 1. The Bertz CT molecular complexity index is 375. The molecule has 2 heterocycles. The van der Waals surface area contributed by atoms with Gasteiger partial charge in [0.25, 0.3) is 0 Å². The SMILES string of the molecule is CCn1ccnc1N1CCC(C(=O)OC)C1. The molecule has 0 bridgehead atoms. The molecule has 5 heteroatoms. The quantitative estimate of drug-likeness (QED) is 0.714. The number of carbonyl (C=O) groups excluding carboxylic acids is 1. The van der Waals surface area contributed by atoms with Crippen molar-refractivity contribution >= 4 is 11.9 Å². The minimum atomic E-state index is -0.114. The minimum absolute atomic E-state index is 0.00740. The molecule has 0 spiro atoms. The molecule has 16 heavy (non-hydrogen) atoms. The third-order valence-corrected chi connectivity index (χ3v) is 3.04. The number of ether oxygens (including phenoxy) is 1. The van der Waals surface area contributed by atoms with Crippen molar-refractivity contribution < 1.29 is 9.53 Å². The van der Waals surface area contributed by atoms with Gasteiger partial charge in [0.1, 0.15) is 0 Å². The second-order valence-corrected chi connectivity index (χ2v) is 3.97. The van der Waals surface area contributed by atoms with Crippen LogP contribution in [0, 0.1) is 5.92 Å². The fraction of sp³-hybridized carbons (Fsp3) is 0.636. The summed E-state index contributed by atoms with van der Waals surface area (Å²) in [4.78, 5) is 17.9. The molecule has 0 N–H and O–H groups in total. The summed E-state index contributed by atoms with van der Waals surface area (Å²) in [7, 11) is 1.44. The van der Waals surface area contributed by atoms with Crippen LogP contribution in [0.1, 0.15) is 13.3 Å². The smallest absolute Gasteiger partial charge is 0.310 e. The van der Waals surface area contributed by atoms with E-state index in [-0.39, 0.29) is 11.9 Å². The lowest BCUT2D eigenvalue weighted by Gasteiger charge is -2.18. The number of hydrogen-bond acceptors (Lipinski definition) is 4. The van der Waals surface area contributed by atoms with Gasteiger partial charge < -0.3 is 14.2 Å². The van der Waals surface area contributed by atoms with Crippen LogP contribution in [0.5, 0.6) is 0 Å². The van der Waals surface area contributed by atoms with Gasteiger partial charge in [-0.25, -0.2) is 4.98 Å². The summed E-state index contributed by atoms with van der Waals surface area (Å²) in [6.45, 7) is 4.56. The van der Waals surface area contributed by atoms with Crippen LogP contribution < -0.4 is 4.90 Å². The van der Waals surface area contributed by atoms with Gasteiger partial charge in [-0.1, -0.05) is 0 Å². The van der Waals surface area contributed by atoms with Crippen LogP contribution in [-0.2, 0) is 16.1 Å². The van der Waals surface area contributed by atoms with Crippen LogP contribution in [-0.4, -0.2) is 35.7 Å². The van der Waals surface area contributed by atoms with E-state index in [4.69, 9.17) is 4.74 Å². The molecule has 1 aliphatic rings. The van der Waals surface area contributed by atoms with E-state index in [9.17, 15) is 4.79 Å². The van der Waals surface area contributed by atoms with Crippen LogP contribution in [0.4, 0.5) is 5.95 Å². The molecule has 5 nitrogen and oxygen atoms in total. The second kappa shape index (κ2) is 4.55. The lowest BCUT2D eigenvalue weighted by atomic mass is 10.1. The molecule has 0 saturated carbocycles. The van der Waals surface area contributed by atoms with Crippen molar-refractivity contribution in [2.45, 2.75) is 19.9 Å². The standard InChI is InChI=1S/C11H17N3O2/c1-3-13-7-5-12-11(13)14-6-4-9(8-14)10(15)16-2/h5,7,9H,3-4,6,8H2,1-2H3. The van der Waals surface area contributed by atoms with Gasteiger partial charge in [0.15, 0.2) is 0 Å². The Kier molecular flexibility index (Phi) is 3.12. The number of nitrogens with zero attached hydrogens (tertiary/aromatic N) is 3. The summed E-state index contributed by atoms with van der Waals surface area (Å²) >= 11 is 0. The molecular formula is C11H17N3O2. The molecule has 1 aliphatic heterocycles. The highest BCUT2D eigenvalue weighted by Crippen LogP contribution is 2.23. The Balaban J connectivity index is 2.06. The zero-order valence-corrected chi connectivity index (χ0v) is 9.72. The van der Waals surface area contributed by atoms with Gasteiger partial charge in [-0.05, 0) is 13.3 Å². The monoisotopic (exact) mass is 223 g/mol. The van der Waals surface area contributed by atoms with Crippen molar-refractivity contribution in [1.82, 2.24) is 9.55 Å². The van der Waals surface area contributed by atoms with Crippen molar-refractivity contribution in [1.29, 1.82) is 0 Å². The van der Waals surface area contributed by atoms with Gasteiger partial charge in [-0.3, -0.25) is 4.79 Å². The van der Waals surface area contributed by atoms with Crippen LogP contribution in [0.15, 0.2) is 12.4 Å². The average molecular weight is 223 g/mol. The lowest BCUT2D eigenvalue weighted by Crippen LogP contribution is -2.26. The van der Waals surface area contributed by atoms with E-state index in [0.717, 1.165) is 25.5 Å². The van der Waals surface area contributed by atoms with Crippen LogP contribution >= 0.6 is 0 Å². The number of methoxy groups -OCH3 is 1. The molecule has 0 amide bonds. The van der Waals surface area contributed by atoms with E-state index >= 15 is 0 Å². The molecule has 1 saturated heterocycles. The fourth-order valence-corrected chi connectivity index (χ4v) is 2.13. The van der Waals surface area contributed by atoms with Gasteiger partial charge in [0, 0.05) is 32.0 Å². The molecule has 1 fully saturated rings. The van der Waals surface area contributed by atoms with Gasteiger partial charge >= 0.3 is 5.97 Å². The normalized spacial score (nSPS) is 20.1. The van der Waals surface area contributed by atoms with Gasteiger partial charge in [0.2, 0.25) is 5.95 Å². The van der Waals surface area contributed by atoms with Crippen LogP contribution in [0.3, 0.4) is 0 Å². The van der Waals surface area contributed by atoms with Crippen molar-refractivity contribution in [2.75, 3.05) is 25.1 Å². The first-order valence-corrected chi connectivity index (χ1v) is 5.60. The first kappa shape index (κ1) is 11.0. The topological polar surface area (TPSA) is 47.4 Å². The van der Waals surface area contributed by atoms with E-state index in [1.807, 2.05) is 6.20 Å². The number of imidazole rings is 1. The molecule has 0 aromatic carbocycles. The average Bonchev–Trinajstić information content (AvgIpc) is 2.95. The van der Waals surface area contributed by atoms with Crippen LogP contribution in [0.25, 0.3) is 0 Å². The molecule has 1 aromatic heterocycles. The minimum Gasteiger partial charge on any atom is -0.469 e. The number of aryl methyl sites for hydroxylation is 1. The largest absolute Gasteiger partial charge is 0.469 e. The first-order chi connectivity index (χ1) is 7.76. The number of esters is 1. The first-order valence-electron chi connectivity index (χ1n) is 5.60. The van der Waals surface area contributed by atoms with Crippen LogP contribution in [0.2, 0.25) is 0 Å². The van der Waals surface area contributed by atoms with Crippen molar-refractivity contribution in [3.05, 3.63) is 12.4 Å². The number of rotatable bonds is 3. The highest BCUT2D eigenvalue weighted by Gasteiger charge is 2.30. The molecule has 1 aromatic rings. The highest BCUT2D eigenvalue weighted by molar-refractivity contribution is 5.73. The maximum Gasteiger partial charge on any atom is 0.310 e. The molecule has 0 radical (unpaired) electrons. The van der Waals surface area contributed by atoms with E-state index < -0.39 is 0 Å². The Morgan fingerprint density at radius 3 is 3.19 bits per heavy atom. The van der Waals surface area contributed by atoms with Gasteiger partial charge in [0.05, 0.1) is 13.0 Å². The number of carbonyl (C=O) groups is 1. The summed E-state index contributed by atoms with van der Waals surface area (Å²) in [6, 6.07) is 0. The van der Waals surface area contributed by atoms with Crippen molar-refractivity contribution in [3.8, 4) is 0 Å². The predicted molar refractivity (Wildman–Crippen MR) is 60.2 cm³/mol. The summed E-state index contributed by atoms with van der Waals surface area (Å²) in [5.74, 6) is 0.831.